The van der Waals surface area contributed by atoms with Gasteiger partial charge in [0.05, 0.1) is 12.2 Å². The van der Waals surface area contributed by atoms with Crippen LogP contribution in [0.15, 0.2) is 30.3 Å². The molecule has 2 aromatic carbocycles. The maximum atomic E-state index is 15.3. The van der Waals surface area contributed by atoms with Crippen LogP contribution in [-0.4, -0.2) is 65.2 Å². The quantitative estimate of drug-likeness (QED) is 0.325. The first kappa shape index (κ1) is 29.9. The van der Waals surface area contributed by atoms with Crippen LogP contribution in [0.5, 0.6) is 5.75 Å². The molecule has 1 N–H and O–H groups in total. The predicted molar refractivity (Wildman–Crippen MR) is 145 cm³/mol. The molecule has 2 heterocycles. The lowest BCUT2D eigenvalue weighted by Gasteiger charge is -2.51. The third-order valence-corrected chi connectivity index (χ3v) is 8.62. The van der Waals surface area contributed by atoms with Crippen molar-refractivity contribution in [2.45, 2.75) is 57.3 Å². The van der Waals surface area contributed by atoms with Crippen molar-refractivity contribution in [3.05, 3.63) is 62.9 Å². The zero-order valence-corrected chi connectivity index (χ0v) is 24.0. The molecule has 5 rings (SSSR count). The van der Waals surface area contributed by atoms with E-state index in [4.69, 9.17) is 27.9 Å². The van der Waals surface area contributed by atoms with Crippen molar-refractivity contribution < 1.29 is 37.0 Å². The Kier molecular flexibility index (Phi) is 7.98. The van der Waals surface area contributed by atoms with Gasteiger partial charge in [-0.1, -0.05) is 37.0 Å². The maximum Gasteiger partial charge on any atom is 0.408 e. The van der Waals surface area contributed by atoms with Gasteiger partial charge >= 0.3 is 12.1 Å². The number of alkyl halides is 3. The summed E-state index contributed by atoms with van der Waals surface area (Å²) in [5.41, 5.74) is -0.240. The molecule has 0 bridgehead atoms. The summed E-state index contributed by atoms with van der Waals surface area (Å²) < 4.78 is 63.5. The number of carboxylic acids is 1. The largest absolute Gasteiger partial charge is 0.493 e. The highest BCUT2D eigenvalue weighted by molar-refractivity contribution is 6.34. The summed E-state index contributed by atoms with van der Waals surface area (Å²) in [5.74, 6) is -2.56. The van der Waals surface area contributed by atoms with E-state index in [0.29, 0.717) is 12.0 Å². The van der Waals surface area contributed by atoms with Gasteiger partial charge in [0.25, 0.3) is 5.91 Å². The molecule has 1 aliphatic carbocycles. The molecule has 0 aromatic heterocycles. The smallest absolute Gasteiger partial charge is 0.408 e. The Labute approximate surface area is 245 Å². The zero-order valence-electron chi connectivity index (χ0n) is 22.5. The number of rotatable bonds is 8. The molecule has 3 aliphatic rings. The lowest BCUT2D eigenvalue weighted by molar-refractivity contribution is -0.213. The summed E-state index contributed by atoms with van der Waals surface area (Å²) in [6.07, 6.45) is -2.40. The first-order valence-electron chi connectivity index (χ1n) is 13.4. The molecule has 2 saturated heterocycles. The highest BCUT2D eigenvalue weighted by Gasteiger charge is 2.52. The number of nitrogens with zero attached hydrogens (tertiary/aromatic N) is 2. The molecule has 2 aromatic rings. The van der Waals surface area contributed by atoms with Crippen LogP contribution in [0.1, 0.15) is 66.6 Å². The van der Waals surface area contributed by atoms with Gasteiger partial charge in [-0.2, -0.15) is 13.2 Å². The number of amides is 1. The first-order chi connectivity index (χ1) is 19.2. The van der Waals surface area contributed by atoms with Gasteiger partial charge in [-0.25, -0.2) is 9.18 Å². The van der Waals surface area contributed by atoms with Gasteiger partial charge in [-0.3, -0.25) is 9.69 Å². The minimum Gasteiger partial charge on any atom is -0.493 e. The molecule has 1 amide bonds. The van der Waals surface area contributed by atoms with E-state index >= 15 is 4.39 Å². The minimum atomic E-state index is -4.56. The fraction of sp³-hybridized carbons (Fsp3) is 0.517. The molecule has 2 aliphatic heterocycles. The SMILES string of the molecule is C[C@H]1CCN(C(=O)c2cc(C3CC3)c(OCC3(C)CN([C@H](c4cc(Cl)cc(Cl)c4)C(F)(F)F)C3)cc2F)[C@@H]1C(=O)O. The Morgan fingerprint density at radius 1 is 1.10 bits per heavy atom. The third kappa shape index (κ3) is 6.15. The van der Waals surface area contributed by atoms with E-state index in [1.165, 1.54) is 34.1 Å². The zero-order chi connectivity index (χ0) is 29.9. The van der Waals surface area contributed by atoms with Gasteiger partial charge in [0.2, 0.25) is 0 Å². The summed E-state index contributed by atoms with van der Waals surface area (Å²) >= 11 is 11.9. The Bertz CT molecular complexity index is 1340. The molecule has 3 atom stereocenters. The number of likely N-dealkylation sites (tertiary alicyclic amines) is 2. The second-order valence-corrected chi connectivity index (χ2v) is 12.7. The lowest BCUT2D eigenvalue weighted by Crippen LogP contribution is -2.60. The molecule has 1 saturated carbocycles. The number of carbonyl (C=O) groups is 2. The van der Waals surface area contributed by atoms with Crippen LogP contribution < -0.4 is 4.74 Å². The molecular weight excluding hydrogens is 587 g/mol. The monoisotopic (exact) mass is 616 g/mol. The normalized spacial score (nSPS) is 23.3. The molecule has 222 valence electrons. The van der Waals surface area contributed by atoms with E-state index in [1.807, 2.05) is 0 Å². The van der Waals surface area contributed by atoms with Crippen molar-refractivity contribution >= 4 is 35.1 Å². The summed E-state index contributed by atoms with van der Waals surface area (Å²) in [7, 11) is 0. The fourth-order valence-corrected chi connectivity index (χ4v) is 6.62. The molecule has 41 heavy (non-hydrogen) atoms. The third-order valence-electron chi connectivity index (χ3n) is 8.18. The van der Waals surface area contributed by atoms with Crippen LogP contribution in [0.25, 0.3) is 0 Å². The standard InChI is InChI=1S/C29H30Cl2F4N2O4/c1-15-5-6-37(24(15)27(39)40)26(38)21-10-20(16-3-4-16)23(11-22(21)32)41-14-28(2)12-36(13-28)25(29(33,34)35)17-7-18(30)9-19(31)8-17/h7-11,15-16,24-25H,3-6,12-14H2,1-2H3,(H,39,40)/t15-,24-,25+/m0/s1. The topological polar surface area (TPSA) is 70.1 Å². The van der Waals surface area contributed by atoms with E-state index in [9.17, 15) is 27.9 Å². The Morgan fingerprint density at radius 3 is 2.29 bits per heavy atom. The summed E-state index contributed by atoms with van der Waals surface area (Å²) in [6, 6.07) is 3.57. The van der Waals surface area contributed by atoms with Crippen LogP contribution >= 0.6 is 23.2 Å². The fourth-order valence-electron chi connectivity index (χ4n) is 6.08. The number of hydrogen-bond acceptors (Lipinski definition) is 4. The molecule has 0 spiro atoms. The van der Waals surface area contributed by atoms with Crippen LogP contribution in [-0.2, 0) is 4.79 Å². The average molecular weight is 617 g/mol. The minimum absolute atomic E-state index is 0.0432. The van der Waals surface area contributed by atoms with Crippen molar-refractivity contribution in [1.82, 2.24) is 9.80 Å². The van der Waals surface area contributed by atoms with Crippen LogP contribution in [0, 0.1) is 17.2 Å². The van der Waals surface area contributed by atoms with Crippen molar-refractivity contribution in [3.8, 4) is 5.75 Å². The van der Waals surface area contributed by atoms with Gasteiger partial charge in [0.1, 0.15) is 23.7 Å². The van der Waals surface area contributed by atoms with Crippen molar-refractivity contribution in [2.24, 2.45) is 11.3 Å². The van der Waals surface area contributed by atoms with Crippen molar-refractivity contribution in [1.29, 1.82) is 0 Å². The van der Waals surface area contributed by atoms with Crippen LogP contribution in [0.3, 0.4) is 0 Å². The highest BCUT2D eigenvalue weighted by atomic mass is 35.5. The Balaban J connectivity index is 1.31. The van der Waals surface area contributed by atoms with E-state index in [2.05, 4.69) is 0 Å². The second-order valence-electron chi connectivity index (χ2n) is 11.8. The second kappa shape index (κ2) is 10.9. The van der Waals surface area contributed by atoms with Gasteiger partial charge in [0, 0.05) is 41.2 Å². The molecule has 12 heteroatoms. The van der Waals surface area contributed by atoms with Gasteiger partial charge in [-0.15, -0.1) is 0 Å². The van der Waals surface area contributed by atoms with Gasteiger partial charge in [0.15, 0.2) is 0 Å². The molecule has 6 nitrogen and oxygen atoms in total. The first-order valence-corrected chi connectivity index (χ1v) is 14.2. The maximum absolute atomic E-state index is 15.3. The number of benzene rings is 2. The predicted octanol–water partition coefficient (Wildman–Crippen LogP) is 6.95. The molecule has 0 radical (unpaired) electrons. The lowest BCUT2D eigenvalue weighted by atomic mass is 9.80. The van der Waals surface area contributed by atoms with E-state index in [1.54, 1.807) is 13.8 Å². The number of halogens is 6. The van der Waals surface area contributed by atoms with Crippen molar-refractivity contribution in [3.63, 3.8) is 0 Å². The number of ether oxygens (including phenoxy) is 1. The number of hydrogen-bond donors (Lipinski definition) is 1. The molecule has 0 unspecified atom stereocenters. The number of carboxylic acid groups (broad SMARTS) is 1. The van der Waals surface area contributed by atoms with E-state index < -0.39 is 41.4 Å². The highest BCUT2D eigenvalue weighted by Crippen LogP contribution is 2.48. The summed E-state index contributed by atoms with van der Waals surface area (Å²) in [5, 5.41) is 9.82. The Morgan fingerprint density at radius 2 is 1.73 bits per heavy atom. The summed E-state index contributed by atoms with van der Waals surface area (Å²) in [6.45, 7) is 3.96. The van der Waals surface area contributed by atoms with Gasteiger partial charge in [-0.05, 0) is 66.5 Å². The number of carbonyl (C=O) groups excluding carboxylic acids is 1. The average Bonchev–Trinajstić information content (AvgIpc) is 3.60. The van der Waals surface area contributed by atoms with Crippen LogP contribution in [0.2, 0.25) is 10.0 Å². The van der Waals surface area contributed by atoms with E-state index in [-0.39, 0.29) is 65.0 Å². The Hall–Kier alpha value is -2.56. The number of aliphatic carboxylic acids is 1. The summed E-state index contributed by atoms with van der Waals surface area (Å²) in [4.78, 5) is 27.4. The molecular formula is C29H30Cl2F4N2O4. The van der Waals surface area contributed by atoms with E-state index in [0.717, 1.165) is 18.9 Å². The molecule has 3 fully saturated rings. The van der Waals surface area contributed by atoms with Crippen LogP contribution in [0.4, 0.5) is 17.6 Å². The van der Waals surface area contributed by atoms with Crippen molar-refractivity contribution in [2.75, 3.05) is 26.2 Å². The van der Waals surface area contributed by atoms with Gasteiger partial charge < -0.3 is 14.7 Å².